The highest BCUT2D eigenvalue weighted by molar-refractivity contribution is 7.98. The molecule has 1 saturated heterocycles. The topological polar surface area (TPSA) is 91.2 Å². The molecule has 10 heteroatoms. The number of pyridine rings is 1. The lowest BCUT2D eigenvalue weighted by Crippen LogP contribution is -2.66. The second-order valence-electron chi connectivity index (χ2n) is 4.98. The van der Waals surface area contributed by atoms with Crippen molar-refractivity contribution in [2.24, 2.45) is 0 Å². The Morgan fingerprint density at radius 2 is 2.30 bits per heavy atom. The predicted octanol–water partition coefficient (Wildman–Crippen LogP) is 2.30. The zero-order chi connectivity index (χ0) is 16.8. The standard InChI is InChI=1S/C13H13ClFN5O2S/c1-16-13(3-4-20(13)12(21)22)9-6-5-17-11(23-2)18-8(6)7(15)10(14)19-9/h5,16H,3-4H2,1-2H3,(H,21,22). The molecule has 23 heavy (non-hydrogen) atoms. The van der Waals surface area contributed by atoms with Crippen molar-refractivity contribution in [3.8, 4) is 0 Å². The zero-order valence-corrected chi connectivity index (χ0v) is 13.9. The average Bonchev–Trinajstić information content (AvgIpc) is 2.51. The van der Waals surface area contributed by atoms with Gasteiger partial charge >= 0.3 is 6.09 Å². The van der Waals surface area contributed by atoms with Crippen LogP contribution in [-0.4, -0.2) is 50.9 Å². The molecule has 2 aromatic rings. The van der Waals surface area contributed by atoms with Crippen molar-refractivity contribution in [2.45, 2.75) is 17.2 Å². The van der Waals surface area contributed by atoms with Crippen molar-refractivity contribution in [2.75, 3.05) is 19.8 Å². The normalized spacial score (nSPS) is 20.6. The lowest BCUT2D eigenvalue weighted by Gasteiger charge is -2.50. The number of carboxylic acid groups (broad SMARTS) is 1. The summed E-state index contributed by atoms with van der Waals surface area (Å²) in [5.41, 5.74) is -0.722. The molecule has 0 bridgehead atoms. The first kappa shape index (κ1) is 16.2. The van der Waals surface area contributed by atoms with Crippen LogP contribution < -0.4 is 5.32 Å². The Balaban J connectivity index is 2.29. The summed E-state index contributed by atoms with van der Waals surface area (Å²) in [6.07, 6.45) is 2.62. The quantitative estimate of drug-likeness (QED) is 0.494. The molecule has 1 aliphatic heterocycles. The Kier molecular flexibility index (Phi) is 4.03. The maximum absolute atomic E-state index is 14.3. The Morgan fingerprint density at radius 3 is 2.83 bits per heavy atom. The van der Waals surface area contributed by atoms with E-state index in [1.807, 2.05) is 0 Å². The molecular formula is C13H13ClFN5O2S. The highest BCUT2D eigenvalue weighted by Gasteiger charge is 2.50. The van der Waals surface area contributed by atoms with E-state index in [1.165, 1.54) is 22.9 Å². The van der Waals surface area contributed by atoms with E-state index in [0.29, 0.717) is 29.2 Å². The fraction of sp³-hybridized carbons (Fsp3) is 0.385. The van der Waals surface area contributed by atoms with E-state index >= 15 is 0 Å². The lowest BCUT2D eigenvalue weighted by molar-refractivity contribution is -0.0254. The summed E-state index contributed by atoms with van der Waals surface area (Å²) < 4.78 is 14.3. The van der Waals surface area contributed by atoms with E-state index in [1.54, 1.807) is 13.3 Å². The van der Waals surface area contributed by atoms with Gasteiger partial charge in [0.15, 0.2) is 16.1 Å². The molecule has 0 radical (unpaired) electrons. The first-order valence-electron chi connectivity index (χ1n) is 6.70. The second-order valence-corrected chi connectivity index (χ2v) is 6.11. The van der Waals surface area contributed by atoms with Crippen LogP contribution in [0, 0.1) is 5.82 Å². The van der Waals surface area contributed by atoms with E-state index in [-0.39, 0.29) is 10.7 Å². The third-order valence-corrected chi connectivity index (χ3v) is 4.81. The Labute approximate surface area is 140 Å². The fourth-order valence-corrected chi connectivity index (χ4v) is 3.27. The van der Waals surface area contributed by atoms with Gasteiger partial charge in [0.25, 0.3) is 0 Å². The molecule has 0 aromatic carbocycles. The minimum absolute atomic E-state index is 0.0335. The van der Waals surface area contributed by atoms with E-state index in [2.05, 4.69) is 20.3 Å². The van der Waals surface area contributed by atoms with Crippen molar-refractivity contribution in [1.82, 2.24) is 25.2 Å². The minimum Gasteiger partial charge on any atom is -0.465 e. The Hall–Kier alpha value is -1.71. The number of fused-ring (bicyclic) bond motifs is 1. The maximum atomic E-state index is 14.3. The number of aromatic nitrogens is 3. The summed E-state index contributed by atoms with van der Waals surface area (Å²) in [6, 6.07) is 0. The van der Waals surface area contributed by atoms with E-state index in [0.717, 1.165) is 0 Å². The lowest BCUT2D eigenvalue weighted by atomic mass is 9.89. The van der Waals surface area contributed by atoms with Crippen molar-refractivity contribution >= 4 is 40.4 Å². The van der Waals surface area contributed by atoms with Crippen LogP contribution in [0.15, 0.2) is 11.4 Å². The molecule has 1 aliphatic rings. The number of nitrogens with zero attached hydrogens (tertiary/aromatic N) is 4. The molecular weight excluding hydrogens is 345 g/mol. The Bertz CT molecular complexity index is 804. The van der Waals surface area contributed by atoms with Gasteiger partial charge in [-0.15, -0.1) is 0 Å². The van der Waals surface area contributed by atoms with Crippen LogP contribution >= 0.6 is 23.4 Å². The first-order chi connectivity index (χ1) is 10.9. The number of hydrogen-bond acceptors (Lipinski definition) is 6. The van der Waals surface area contributed by atoms with Crippen LogP contribution in [0.5, 0.6) is 0 Å². The van der Waals surface area contributed by atoms with Gasteiger partial charge in [0.1, 0.15) is 11.2 Å². The molecule has 1 fully saturated rings. The first-order valence-corrected chi connectivity index (χ1v) is 8.30. The summed E-state index contributed by atoms with van der Waals surface area (Å²) >= 11 is 7.18. The highest BCUT2D eigenvalue weighted by Crippen LogP contribution is 2.41. The summed E-state index contributed by atoms with van der Waals surface area (Å²) in [4.78, 5) is 25.0. The van der Waals surface area contributed by atoms with Crippen LogP contribution in [0.4, 0.5) is 9.18 Å². The molecule has 3 heterocycles. The van der Waals surface area contributed by atoms with Crippen LogP contribution in [0.25, 0.3) is 10.9 Å². The molecule has 1 atom stereocenters. The van der Waals surface area contributed by atoms with Crippen molar-refractivity contribution in [1.29, 1.82) is 0 Å². The molecule has 0 aliphatic carbocycles. The van der Waals surface area contributed by atoms with Gasteiger partial charge in [0.2, 0.25) is 0 Å². The molecule has 0 spiro atoms. The van der Waals surface area contributed by atoms with Crippen molar-refractivity contribution < 1.29 is 14.3 Å². The van der Waals surface area contributed by atoms with Gasteiger partial charge < -0.3 is 5.11 Å². The third-order valence-electron chi connectivity index (χ3n) is 4.00. The number of rotatable bonds is 3. The van der Waals surface area contributed by atoms with Crippen LogP contribution in [0.3, 0.4) is 0 Å². The van der Waals surface area contributed by atoms with E-state index in [9.17, 15) is 14.3 Å². The zero-order valence-electron chi connectivity index (χ0n) is 12.3. The molecule has 7 nitrogen and oxygen atoms in total. The summed E-state index contributed by atoms with van der Waals surface area (Å²) in [5, 5.41) is 12.7. The van der Waals surface area contributed by atoms with Crippen LogP contribution in [0.1, 0.15) is 12.1 Å². The van der Waals surface area contributed by atoms with Gasteiger partial charge in [0.05, 0.1) is 5.69 Å². The molecule has 2 N–H and O–H groups in total. The number of nitrogens with one attached hydrogen (secondary N) is 1. The molecule has 0 saturated carbocycles. The number of thioether (sulfide) groups is 1. The van der Waals surface area contributed by atoms with Gasteiger partial charge in [-0.25, -0.2) is 24.1 Å². The smallest absolute Gasteiger partial charge is 0.409 e. The third kappa shape index (κ3) is 2.30. The Morgan fingerprint density at radius 1 is 1.57 bits per heavy atom. The SMILES string of the molecule is CNC1(c2nc(Cl)c(F)c3nc(SC)ncc23)CCN1C(=O)O. The van der Waals surface area contributed by atoms with Gasteiger partial charge in [-0.3, -0.25) is 10.2 Å². The number of amides is 1. The van der Waals surface area contributed by atoms with Gasteiger partial charge in [0, 0.05) is 24.5 Å². The molecule has 1 amide bonds. The summed E-state index contributed by atoms with van der Waals surface area (Å²) in [7, 11) is 1.62. The number of hydrogen-bond donors (Lipinski definition) is 2. The maximum Gasteiger partial charge on any atom is 0.409 e. The summed E-state index contributed by atoms with van der Waals surface area (Å²) in [6.45, 7) is 0.345. The predicted molar refractivity (Wildman–Crippen MR) is 84.2 cm³/mol. The van der Waals surface area contributed by atoms with Gasteiger partial charge in [-0.2, -0.15) is 0 Å². The largest absolute Gasteiger partial charge is 0.465 e. The van der Waals surface area contributed by atoms with E-state index < -0.39 is 17.6 Å². The van der Waals surface area contributed by atoms with Crippen LogP contribution in [0.2, 0.25) is 5.15 Å². The molecule has 1 unspecified atom stereocenters. The van der Waals surface area contributed by atoms with Gasteiger partial charge in [-0.05, 0) is 13.3 Å². The molecule has 122 valence electrons. The van der Waals surface area contributed by atoms with Crippen molar-refractivity contribution in [3.63, 3.8) is 0 Å². The minimum atomic E-state index is -1.09. The highest BCUT2D eigenvalue weighted by atomic mass is 35.5. The molecule has 2 aromatic heterocycles. The monoisotopic (exact) mass is 357 g/mol. The number of likely N-dealkylation sites (tertiary alicyclic amines) is 1. The fourth-order valence-electron chi connectivity index (χ4n) is 2.76. The van der Waals surface area contributed by atoms with Gasteiger partial charge in [-0.1, -0.05) is 23.4 Å². The van der Waals surface area contributed by atoms with Crippen LogP contribution in [-0.2, 0) is 5.66 Å². The number of halogens is 2. The number of carbonyl (C=O) groups is 1. The molecule has 3 rings (SSSR count). The second kappa shape index (κ2) is 5.73. The summed E-state index contributed by atoms with van der Waals surface area (Å²) in [5.74, 6) is -0.740. The average molecular weight is 358 g/mol. The van der Waals surface area contributed by atoms with Crippen molar-refractivity contribution in [3.05, 3.63) is 22.9 Å². The van der Waals surface area contributed by atoms with E-state index in [4.69, 9.17) is 11.6 Å².